The molecule has 1 N–H and O–H groups in total. The number of rotatable bonds is 7. The van der Waals surface area contributed by atoms with Crippen LogP contribution in [-0.2, 0) is 14.8 Å². The third kappa shape index (κ3) is 6.98. The molecular formula is C11H24N2O3S. The van der Waals surface area contributed by atoms with Crippen LogP contribution in [0.2, 0.25) is 0 Å². The monoisotopic (exact) mass is 264 g/mol. The summed E-state index contributed by atoms with van der Waals surface area (Å²) in [7, 11) is -3.06. The lowest BCUT2D eigenvalue weighted by molar-refractivity contribution is 0.0924. The van der Waals surface area contributed by atoms with Gasteiger partial charge in [0.05, 0.1) is 12.9 Å². The number of nitrogens with zero attached hydrogens (tertiary/aromatic N) is 1. The van der Waals surface area contributed by atoms with Crippen LogP contribution < -0.4 is 4.72 Å². The molecule has 1 rings (SSSR count). The van der Waals surface area contributed by atoms with Gasteiger partial charge in [0.25, 0.3) is 0 Å². The van der Waals surface area contributed by atoms with Gasteiger partial charge in [-0.3, -0.25) is 0 Å². The van der Waals surface area contributed by atoms with Crippen molar-refractivity contribution in [1.82, 2.24) is 9.62 Å². The Bertz CT molecular complexity index is 306. The van der Waals surface area contributed by atoms with Crippen molar-refractivity contribution in [3.05, 3.63) is 0 Å². The van der Waals surface area contributed by atoms with Crippen molar-refractivity contribution < 1.29 is 13.2 Å². The molecular weight excluding hydrogens is 240 g/mol. The smallest absolute Gasteiger partial charge is 0.208 e. The van der Waals surface area contributed by atoms with E-state index in [4.69, 9.17) is 4.74 Å². The van der Waals surface area contributed by atoms with E-state index in [0.717, 1.165) is 45.7 Å². The van der Waals surface area contributed by atoms with E-state index < -0.39 is 10.0 Å². The average molecular weight is 264 g/mol. The van der Waals surface area contributed by atoms with Crippen LogP contribution in [0, 0.1) is 5.92 Å². The Hall–Kier alpha value is -0.170. The Balaban J connectivity index is 2.24. The molecule has 0 aromatic rings. The molecule has 0 amide bonds. The molecule has 1 aliphatic heterocycles. The zero-order valence-corrected chi connectivity index (χ0v) is 11.6. The van der Waals surface area contributed by atoms with Gasteiger partial charge in [-0.05, 0) is 32.2 Å². The fraction of sp³-hybridized carbons (Fsp3) is 1.00. The molecule has 1 heterocycles. The second kappa shape index (κ2) is 7.31. The van der Waals surface area contributed by atoms with Crippen molar-refractivity contribution in [2.75, 3.05) is 45.6 Å². The normalized spacial score (nSPS) is 22.8. The van der Waals surface area contributed by atoms with Crippen LogP contribution >= 0.6 is 0 Å². The van der Waals surface area contributed by atoms with Crippen LogP contribution in [0.3, 0.4) is 0 Å². The Kier molecular flexibility index (Phi) is 6.40. The highest BCUT2D eigenvalue weighted by Gasteiger charge is 2.20. The van der Waals surface area contributed by atoms with E-state index >= 15 is 0 Å². The van der Waals surface area contributed by atoms with Gasteiger partial charge in [0.2, 0.25) is 10.0 Å². The zero-order valence-electron chi connectivity index (χ0n) is 10.8. The lowest BCUT2D eigenvalue weighted by atomic mass is 9.98. The highest BCUT2D eigenvalue weighted by molar-refractivity contribution is 7.88. The van der Waals surface area contributed by atoms with Crippen molar-refractivity contribution in [2.24, 2.45) is 5.92 Å². The second-order valence-corrected chi connectivity index (χ2v) is 6.46. The first-order valence-corrected chi connectivity index (χ1v) is 8.15. The molecule has 102 valence electrons. The standard InChI is InChI=1S/C11H24N2O3S/c1-3-16-8-7-13-6-4-5-11(10-13)9-12-17(2,14)15/h11-12H,3-10H2,1-2H3/t11-/m1/s1. The van der Waals surface area contributed by atoms with Crippen LogP contribution in [0.4, 0.5) is 0 Å². The molecule has 0 saturated carbocycles. The summed E-state index contributed by atoms with van der Waals surface area (Å²) in [6, 6.07) is 0. The maximum Gasteiger partial charge on any atom is 0.208 e. The maximum atomic E-state index is 11.0. The van der Waals surface area contributed by atoms with Gasteiger partial charge in [-0.25, -0.2) is 13.1 Å². The van der Waals surface area contributed by atoms with Crippen LogP contribution in [0.15, 0.2) is 0 Å². The van der Waals surface area contributed by atoms with Crippen LogP contribution in [0.25, 0.3) is 0 Å². The predicted octanol–water partition coefficient (Wildman–Crippen LogP) is 0.284. The number of piperidine rings is 1. The van der Waals surface area contributed by atoms with Gasteiger partial charge in [0.1, 0.15) is 0 Å². The van der Waals surface area contributed by atoms with E-state index in [1.807, 2.05) is 6.92 Å². The molecule has 0 radical (unpaired) electrons. The molecule has 0 bridgehead atoms. The summed E-state index contributed by atoms with van der Waals surface area (Å²) < 4.78 is 30.0. The first kappa shape index (κ1) is 14.9. The van der Waals surface area contributed by atoms with Gasteiger partial charge in [-0.15, -0.1) is 0 Å². The minimum atomic E-state index is -3.06. The van der Waals surface area contributed by atoms with Crippen molar-refractivity contribution in [1.29, 1.82) is 0 Å². The molecule has 0 aliphatic carbocycles. The first-order chi connectivity index (χ1) is 8.01. The summed E-state index contributed by atoms with van der Waals surface area (Å²) in [5, 5.41) is 0. The SMILES string of the molecule is CCOCCN1CCC[C@H](CNS(C)(=O)=O)C1. The Morgan fingerprint density at radius 2 is 2.24 bits per heavy atom. The molecule has 5 nitrogen and oxygen atoms in total. The van der Waals surface area contributed by atoms with Crippen LogP contribution in [-0.4, -0.2) is 59.0 Å². The maximum absolute atomic E-state index is 11.0. The number of ether oxygens (including phenoxy) is 1. The van der Waals surface area contributed by atoms with E-state index in [0.29, 0.717) is 12.5 Å². The van der Waals surface area contributed by atoms with E-state index in [-0.39, 0.29) is 0 Å². The Morgan fingerprint density at radius 3 is 2.88 bits per heavy atom. The number of hydrogen-bond donors (Lipinski definition) is 1. The van der Waals surface area contributed by atoms with Gasteiger partial charge < -0.3 is 9.64 Å². The molecule has 1 saturated heterocycles. The zero-order chi connectivity index (χ0) is 12.7. The largest absolute Gasteiger partial charge is 0.380 e. The third-order valence-electron chi connectivity index (χ3n) is 2.99. The molecule has 0 spiro atoms. The number of likely N-dealkylation sites (tertiary alicyclic amines) is 1. The summed E-state index contributed by atoms with van der Waals surface area (Å²) in [6.07, 6.45) is 3.46. The lowest BCUT2D eigenvalue weighted by Gasteiger charge is -2.32. The third-order valence-corrected chi connectivity index (χ3v) is 3.68. The summed E-state index contributed by atoms with van der Waals surface area (Å²) in [5.74, 6) is 0.431. The van der Waals surface area contributed by atoms with E-state index in [9.17, 15) is 8.42 Å². The van der Waals surface area contributed by atoms with Gasteiger partial charge in [0.15, 0.2) is 0 Å². The molecule has 17 heavy (non-hydrogen) atoms. The van der Waals surface area contributed by atoms with Crippen LogP contribution in [0.1, 0.15) is 19.8 Å². The van der Waals surface area contributed by atoms with Gasteiger partial charge >= 0.3 is 0 Å². The Morgan fingerprint density at radius 1 is 1.47 bits per heavy atom. The van der Waals surface area contributed by atoms with Gasteiger partial charge in [0, 0.05) is 26.2 Å². The van der Waals surface area contributed by atoms with E-state index in [2.05, 4.69) is 9.62 Å². The topological polar surface area (TPSA) is 58.6 Å². The molecule has 1 atom stereocenters. The van der Waals surface area contributed by atoms with Crippen molar-refractivity contribution in [3.8, 4) is 0 Å². The predicted molar refractivity (Wildman–Crippen MR) is 68.5 cm³/mol. The van der Waals surface area contributed by atoms with E-state index in [1.54, 1.807) is 0 Å². The average Bonchev–Trinajstić information content (AvgIpc) is 2.27. The summed E-state index contributed by atoms with van der Waals surface area (Å²) in [5.41, 5.74) is 0. The van der Waals surface area contributed by atoms with E-state index in [1.165, 1.54) is 6.26 Å². The van der Waals surface area contributed by atoms with Gasteiger partial charge in [-0.2, -0.15) is 0 Å². The fourth-order valence-corrected chi connectivity index (χ4v) is 2.67. The van der Waals surface area contributed by atoms with Crippen molar-refractivity contribution in [2.45, 2.75) is 19.8 Å². The first-order valence-electron chi connectivity index (χ1n) is 6.26. The highest BCUT2D eigenvalue weighted by Crippen LogP contribution is 2.15. The summed E-state index contributed by atoms with van der Waals surface area (Å²) in [6.45, 7) is 7.09. The molecule has 6 heteroatoms. The summed E-state index contributed by atoms with van der Waals surface area (Å²) >= 11 is 0. The molecule has 1 fully saturated rings. The summed E-state index contributed by atoms with van der Waals surface area (Å²) in [4.78, 5) is 2.35. The van der Waals surface area contributed by atoms with Crippen LogP contribution in [0.5, 0.6) is 0 Å². The number of hydrogen-bond acceptors (Lipinski definition) is 4. The quantitative estimate of drug-likeness (QED) is 0.671. The molecule has 0 aromatic carbocycles. The molecule has 0 unspecified atom stereocenters. The minimum absolute atomic E-state index is 0.431. The number of sulfonamides is 1. The molecule has 1 aliphatic rings. The fourth-order valence-electron chi connectivity index (χ4n) is 2.13. The lowest BCUT2D eigenvalue weighted by Crippen LogP contribution is -2.41. The Labute approximate surface area is 105 Å². The molecule has 0 aromatic heterocycles. The number of nitrogens with one attached hydrogen (secondary N) is 1. The minimum Gasteiger partial charge on any atom is -0.380 e. The van der Waals surface area contributed by atoms with Crippen molar-refractivity contribution >= 4 is 10.0 Å². The highest BCUT2D eigenvalue weighted by atomic mass is 32.2. The van der Waals surface area contributed by atoms with Gasteiger partial charge in [-0.1, -0.05) is 0 Å². The second-order valence-electron chi connectivity index (χ2n) is 4.63. The van der Waals surface area contributed by atoms with Crippen molar-refractivity contribution in [3.63, 3.8) is 0 Å².